The number of benzene rings is 3. The molecule has 7 nitrogen and oxygen atoms in total. The van der Waals surface area contributed by atoms with Crippen LogP contribution in [0.1, 0.15) is 21.7 Å². The Labute approximate surface area is 230 Å². The van der Waals surface area contributed by atoms with Crippen molar-refractivity contribution in [2.24, 2.45) is 0 Å². The van der Waals surface area contributed by atoms with Gasteiger partial charge in [0.05, 0.1) is 22.9 Å². The lowest BCUT2D eigenvalue weighted by Gasteiger charge is -2.12. The Morgan fingerprint density at radius 1 is 1.03 bits per heavy atom. The summed E-state index contributed by atoms with van der Waals surface area (Å²) < 4.78 is 2.72. The second-order valence-electron chi connectivity index (χ2n) is 7.72. The predicted molar refractivity (Wildman–Crippen MR) is 147 cm³/mol. The fourth-order valence-electron chi connectivity index (χ4n) is 3.33. The van der Waals surface area contributed by atoms with E-state index in [4.69, 9.17) is 23.2 Å². The lowest BCUT2D eigenvalue weighted by atomic mass is 10.2. The van der Waals surface area contributed by atoms with Crippen LogP contribution < -0.4 is 10.6 Å². The van der Waals surface area contributed by atoms with E-state index in [1.807, 2.05) is 55.5 Å². The largest absolute Gasteiger partial charge is 0.345 e. The number of aryl methyl sites for hydroxylation is 1. The summed E-state index contributed by atoms with van der Waals surface area (Å²) in [6.45, 7) is 2.05. The summed E-state index contributed by atoms with van der Waals surface area (Å²) in [6.07, 6.45) is 0. The van der Waals surface area contributed by atoms with Crippen LogP contribution in [-0.2, 0) is 11.3 Å². The number of rotatable bonds is 8. The van der Waals surface area contributed by atoms with Crippen molar-refractivity contribution in [3.05, 3.63) is 98.2 Å². The Kier molecular flexibility index (Phi) is 8.68. The van der Waals surface area contributed by atoms with Crippen LogP contribution >= 0.6 is 50.9 Å². The molecule has 0 radical (unpaired) electrons. The van der Waals surface area contributed by atoms with Gasteiger partial charge in [0.25, 0.3) is 5.91 Å². The van der Waals surface area contributed by atoms with Crippen LogP contribution in [0.25, 0.3) is 5.69 Å². The first-order valence-electron chi connectivity index (χ1n) is 10.7. The van der Waals surface area contributed by atoms with Gasteiger partial charge in [-0.2, -0.15) is 0 Å². The van der Waals surface area contributed by atoms with E-state index in [0.717, 1.165) is 21.4 Å². The van der Waals surface area contributed by atoms with E-state index < -0.39 is 0 Å². The van der Waals surface area contributed by atoms with Crippen LogP contribution in [0.15, 0.2) is 76.4 Å². The molecule has 0 atom stereocenters. The molecule has 0 bridgehead atoms. The molecule has 2 N–H and O–H groups in total. The number of carbonyl (C=O) groups is 2. The van der Waals surface area contributed by atoms with Crippen molar-refractivity contribution in [2.45, 2.75) is 18.6 Å². The molecule has 0 saturated carbocycles. The number of anilines is 1. The lowest BCUT2D eigenvalue weighted by Crippen LogP contribution is -2.25. The highest BCUT2D eigenvalue weighted by atomic mass is 79.9. The third-order valence-corrected chi connectivity index (χ3v) is 7.02. The fourth-order valence-corrected chi connectivity index (χ4v) is 4.74. The maximum Gasteiger partial charge on any atom is 0.253 e. The maximum atomic E-state index is 12.7. The molecule has 4 rings (SSSR count). The van der Waals surface area contributed by atoms with E-state index in [1.54, 1.807) is 16.7 Å². The molecular formula is C25H20BrCl2N5O2S. The van der Waals surface area contributed by atoms with E-state index in [2.05, 4.69) is 36.8 Å². The fraction of sp³-hybridized carbons (Fsp3) is 0.120. The minimum atomic E-state index is -0.389. The minimum absolute atomic E-state index is 0.0841. The Hall–Kier alpha value is -2.85. The molecule has 3 aromatic carbocycles. The third kappa shape index (κ3) is 6.67. The van der Waals surface area contributed by atoms with Crippen molar-refractivity contribution >= 4 is 68.4 Å². The van der Waals surface area contributed by atoms with E-state index in [9.17, 15) is 9.59 Å². The molecule has 1 heterocycles. The standard InChI is InChI=1S/C25H20BrCl2N5O2S/c1-15-3-2-4-18(11-15)30-23(34)14-36-25-32-31-22(33(25)19-8-5-16(26)6-9-19)13-29-24(35)20-12-17(27)7-10-21(20)28/h2-12H,13-14H2,1H3,(H,29,35)(H,30,34). The monoisotopic (exact) mass is 603 g/mol. The maximum absolute atomic E-state index is 12.7. The first kappa shape index (κ1) is 26.2. The van der Waals surface area contributed by atoms with Gasteiger partial charge in [-0.25, -0.2) is 0 Å². The summed E-state index contributed by atoms with van der Waals surface area (Å²) in [6, 6.07) is 19.9. The highest BCUT2D eigenvalue weighted by Crippen LogP contribution is 2.25. The van der Waals surface area contributed by atoms with Gasteiger partial charge in [0.1, 0.15) is 0 Å². The molecule has 0 fully saturated rings. The van der Waals surface area contributed by atoms with Gasteiger partial charge in [0.15, 0.2) is 11.0 Å². The van der Waals surface area contributed by atoms with Gasteiger partial charge in [-0.1, -0.05) is 63.0 Å². The van der Waals surface area contributed by atoms with Crippen LogP contribution in [0.4, 0.5) is 5.69 Å². The molecule has 2 amide bonds. The molecule has 184 valence electrons. The number of amides is 2. The molecule has 0 spiro atoms. The van der Waals surface area contributed by atoms with E-state index in [-0.39, 0.29) is 29.7 Å². The molecule has 0 aliphatic carbocycles. The van der Waals surface area contributed by atoms with E-state index in [0.29, 0.717) is 21.0 Å². The Bertz CT molecular complexity index is 1410. The molecular weight excluding hydrogens is 585 g/mol. The third-order valence-electron chi connectivity index (χ3n) is 5.00. The number of hydrogen-bond acceptors (Lipinski definition) is 5. The Balaban J connectivity index is 1.52. The summed E-state index contributed by atoms with van der Waals surface area (Å²) in [5, 5.41) is 15.5. The molecule has 4 aromatic rings. The molecule has 0 aliphatic rings. The van der Waals surface area contributed by atoms with Crippen molar-refractivity contribution < 1.29 is 9.59 Å². The molecule has 1 aromatic heterocycles. The zero-order valence-electron chi connectivity index (χ0n) is 19.0. The number of nitrogens with zero attached hydrogens (tertiary/aromatic N) is 3. The van der Waals surface area contributed by atoms with Gasteiger partial charge in [0.2, 0.25) is 5.91 Å². The second-order valence-corrected chi connectivity index (χ2v) is 10.4. The minimum Gasteiger partial charge on any atom is -0.345 e. The molecule has 0 unspecified atom stereocenters. The molecule has 0 aliphatic heterocycles. The average molecular weight is 605 g/mol. The van der Waals surface area contributed by atoms with Crippen LogP contribution in [-0.4, -0.2) is 32.3 Å². The van der Waals surface area contributed by atoms with Crippen molar-refractivity contribution in [3.8, 4) is 5.69 Å². The summed E-state index contributed by atoms with van der Waals surface area (Å²) in [4.78, 5) is 25.3. The van der Waals surface area contributed by atoms with Crippen LogP contribution in [0.2, 0.25) is 10.0 Å². The van der Waals surface area contributed by atoms with Crippen LogP contribution in [0.3, 0.4) is 0 Å². The number of hydrogen-bond donors (Lipinski definition) is 2. The quantitative estimate of drug-likeness (QED) is 0.230. The number of halogens is 3. The van der Waals surface area contributed by atoms with Crippen LogP contribution in [0, 0.1) is 6.92 Å². The highest BCUT2D eigenvalue weighted by Gasteiger charge is 2.18. The Morgan fingerprint density at radius 3 is 2.56 bits per heavy atom. The smallest absolute Gasteiger partial charge is 0.253 e. The molecule has 0 saturated heterocycles. The van der Waals surface area contributed by atoms with Crippen molar-refractivity contribution in [2.75, 3.05) is 11.1 Å². The number of aromatic nitrogens is 3. The normalized spacial score (nSPS) is 10.8. The van der Waals surface area contributed by atoms with Gasteiger partial charge in [-0.05, 0) is 67.1 Å². The molecule has 11 heteroatoms. The highest BCUT2D eigenvalue weighted by molar-refractivity contribution is 9.10. The summed E-state index contributed by atoms with van der Waals surface area (Å²) in [5.74, 6) is 0.0685. The number of nitrogens with one attached hydrogen (secondary N) is 2. The zero-order chi connectivity index (χ0) is 25.7. The average Bonchev–Trinajstić information content (AvgIpc) is 3.26. The number of thioether (sulfide) groups is 1. The summed E-state index contributed by atoms with van der Waals surface area (Å²) in [7, 11) is 0. The first-order valence-corrected chi connectivity index (χ1v) is 13.3. The zero-order valence-corrected chi connectivity index (χ0v) is 22.9. The first-order chi connectivity index (χ1) is 17.3. The topological polar surface area (TPSA) is 88.9 Å². The summed E-state index contributed by atoms with van der Waals surface area (Å²) in [5.41, 5.74) is 2.84. The van der Waals surface area contributed by atoms with Gasteiger partial charge in [-0.15, -0.1) is 10.2 Å². The van der Waals surface area contributed by atoms with Gasteiger partial charge in [-0.3, -0.25) is 14.2 Å². The summed E-state index contributed by atoms with van der Waals surface area (Å²) >= 11 is 16.9. The van der Waals surface area contributed by atoms with Crippen molar-refractivity contribution in [1.82, 2.24) is 20.1 Å². The lowest BCUT2D eigenvalue weighted by molar-refractivity contribution is -0.113. The van der Waals surface area contributed by atoms with Crippen molar-refractivity contribution in [3.63, 3.8) is 0 Å². The van der Waals surface area contributed by atoms with Gasteiger partial charge in [0, 0.05) is 20.9 Å². The van der Waals surface area contributed by atoms with E-state index in [1.165, 1.54) is 17.8 Å². The SMILES string of the molecule is Cc1cccc(NC(=O)CSc2nnc(CNC(=O)c3cc(Cl)ccc3Cl)n2-c2ccc(Br)cc2)c1. The number of carbonyl (C=O) groups excluding carboxylic acids is 2. The second kappa shape index (κ2) is 11.9. The van der Waals surface area contributed by atoms with Crippen molar-refractivity contribution in [1.29, 1.82) is 0 Å². The van der Waals surface area contributed by atoms with E-state index >= 15 is 0 Å². The van der Waals surface area contributed by atoms with Gasteiger partial charge < -0.3 is 10.6 Å². The Morgan fingerprint density at radius 2 is 1.81 bits per heavy atom. The molecule has 36 heavy (non-hydrogen) atoms. The predicted octanol–water partition coefficient (Wildman–Crippen LogP) is 6.31. The van der Waals surface area contributed by atoms with Gasteiger partial charge >= 0.3 is 0 Å². The van der Waals surface area contributed by atoms with Crippen LogP contribution in [0.5, 0.6) is 0 Å².